The molecule has 0 spiro atoms. The largest absolute Gasteiger partial charge is 0.326 e. The molecule has 0 aliphatic heterocycles. The molecule has 5 heteroatoms. The van der Waals surface area contributed by atoms with Crippen LogP contribution < -0.4 is 5.32 Å². The van der Waals surface area contributed by atoms with E-state index in [9.17, 15) is 4.79 Å². The number of anilines is 1. The van der Waals surface area contributed by atoms with Crippen molar-refractivity contribution in [2.45, 2.75) is 6.42 Å². The first kappa shape index (κ1) is 14.4. The summed E-state index contributed by atoms with van der Waals surface area (Å²) >= 11 is 11.7. The van der Waals surface area contributed by atoms with Gasteiger partial charge in [0.1, 0.15) is 0 Å². The molecule has 0 radical (unpaired) electrons. The molecule has 0 saturated heterocycles. The molecule has 0 bridgehead atoms. The Morgan fingerprint density at radius 1 is 1.10 bits per heavy atom. The maximum Gasteiger partial charge on any atom is 0.228 e. The Kier molecular flexibility index (Phi) is 4.62. The molecule has 2 aromatic carbocycles. The first-order chi connectivity index (χ1) is 9.58. The van der Waals surface area contributed by atoms with Gasteiger partial charge in [0, 0.05) is 5.69 Å². The summed E-state index contributed by atoms with van der Waals surface area (Å²) in [5.41, 5.74) is 1.98. The Hall–Kier alpha value is -2.02. The van der Waals surface area contributed by atoms with Crippen LogP contribution in [0.5, 0.6) is 0 Å². The molecule has 0 aliphatic carbocycles. The summed E-state index contributed by atoms with van der Waals surface area (Å²) in [6, 6.07) is 13.8. The van der Waals surface area contributed by atoms with Gasteiger partial charge in [0.25, 0.3) is 0 Å². The minimum Gasteiger partial charge on any atom is -0.326 e. The van der Waals surface area contributed by atoms with Gasteiger partial charge in [-0.15, -0.1) is 0 Å². The van der Waals surface area contributed by atoms with Crippen LogP contribution in [0.15, 0.2) is 42.5 Å². The zero-order valence-electron chi connectivity index (χ0n) is 10.4. The number of amides is 1. The fourth-order valence-electron chi connectivity index (χ4n) is 1.67. The maximum absolute atomic E-state index is 11.9. The van der Waals surface area contributed by atoms with E-state index in [1.165, 1.54) is 0 Å². The smallest absolute Gasteiger partial charge is 0.228 e. The normalized spacial score (nSPS) is 9.85. The molecule has 100 valence electrons. The highest BCUT2D eigenvalue weighted by Gasteiger charge is 2.06. The molecule has 1 amide bonds. The third-order valence-electron chi connectivity index (χ3n) is 2.65. The second-order valence-electron chi connectivity index (χ2n) is 4.16. The molecule has 0 aromatic heterocycles. The van der Waals surface area contributed by atoms with Gasteiger partial charge in [0.15, 0.2) is 0 Å². The van der Waals surface area contributed by atoms with E-state index >= 15 is 0 Å². The highest BCUT2D eigenvalue weighted by Crippen LogP contribution is 2.23. The standard InChI is InChI=1S/C15H10Cl2N2O/c16-13-6-3-11(7-14(13)17)8-15(20)19-12-4-1-10(9-18)2-5-12/h1-7H,8H2,(H,19,20). The first-order valence-corrected chi connectivity index (χ1v) is 6.58. The van der Waals surface area contributed by atoms with E-state index in [1.807, 2.05) is 6.07 Å². The number of benzene rings is 2. The lowest BCUT2D eigenvalue weighted by molar-refractivity contribution is -0.115. The van der Waals surface area contributed by atoms with Gasteiger partial charge in [-0.05, 0) is 42.0 Å². The van der Waals surface area contributed by atoms with E-state index in [0.29, 0.717) is 21.3 Å². The van der Waals surface area contributed by atoms with Gasteiger partial charge in [-0.3, -0.25) is 4.79 Å². The van der Waals surface area contributed by atoms with Crippen molar-refractivity contribution in [1.29, 1.82) is 5.26 Å². The Balaban J connectivity index is 2.01. The average Bonchev–Trinajstić information content (AvgIpc) is 2.44. The van der Waals surface area contributed by atoms with Gasteiger partial charge >= 0.3 is 0 Å². The third kappa shape index (κ3) is 3.74. The topological polar surface area (TPSA) is 52.9 Å². The van der Waals surface area contributed by atoms with E-state index in [4.69, 9.17) is 28.5 Å². The Bertz CT molecular complexity index is 675. The number of hydrogen-bond donors (Lipinski definition) is 1. The van der Waals surface area contributed by atoms with Gasteiger partial charge in [-0.1, -0.05) is 29.3 Å². The number of nitrogens with zero attached hydrogens (tertiary/aromatic N) is 1. The monoisotopic (exact) mass is 304 g/mol. The lowest BCUT2D eigenvalue weighted by Gasteiger charge is -2.06. The van der Waals surface area contributed by atoms with E-state index < -0.39 is 0 Å². The molecule has 0 heterocycles. The van der Waals surface area contributed by atoms with Crippen molar-refractivity contribution in [3.63, 3.8) is 0 Å². The van der Waals surface area contributed by atoms with Crippen molar-refractivity contribution in [2.75, 3.05) is 5.32 Å². The summed E-state index contributed by atoms with van der Waals surface area (Å²) in [6.45, 7) is 0. The van der Waals surface area contributed by atoms with Crippen LogP contribution in [-0.4, -0.2) is 5.91 Å². The van der Waals surface area contributed by atoms with Crippen LogP contribution in [0.2, 0.25) is 10.0 Å². The van der Waals surface area contributed by atoms with Gasteiger partial charge in [0.05, 0.1) is 28.1 Å². The predicted molar refractivity (Wildman–Crippen MR) is 80.0 cm³/mol. The fourth-order valence-corrected chi connectivity index (χ4v) is 1.99. The van der Waals surface area contributed by atoms with Crippen molar-refractivity contribution in [3.8, 4) is 6.07 Å². The fraction of sp³-hybridized carbons (Fsp3) is 0.0667. The number of nitrogens with one attached hydrogen (secondary N) is 1. The van der Waals surface area contributed by atoms with Crippen LogP contribution >= 0.6 is 23.2 Å². The molecule has 1 N–H and O–H groups in total. The molecule has 20 heavy (non-hydrogen) atoms. The van der Waals surface area contributed by atoms with Gasteiger partial charge in [-0.25, -0.2) is 0 Å². The average molecular weight is 305 g/mol. The maximum atomic E-state index is 11.9. The summed E-state index contributed by atoms with van der Waals surface area (Å²) in [5, 5.41) is 12.3. The van der Waals surface area contributed by atoms with Crippen LogP contribution in [-0.2, 0) is 11.2 Å². The SMILES string of the molecule is N#Cc1ccc(NC(=O)Cc2ccc(Cl)c(Cl)c2)cc1. The van der Waals surface area contributed by atoms with Crippen molar-refractivity contribution in [3.05, 3.63) is 63.6 Å². The van der Waals surface area contributed by atoms with Crippen molar-refractivity contribution < 1.29 is 4.79 Å². The molecule has 0 unspecified atom stereocenters. The predicted octanol–water partition coefficient (Wildman–Crippen LogP) is 4.05. The van der Waals surface area contributed by atoms with Crippen LogP contribution in [0, 0.1) is 11.3 Å². The summed E-state index contributed by atoms with van der Waals surface area (Å²) in [5.74, 6) is -0.159. The van der Waals surface area contributed by atoms with E-state index in [0.717, 1.165) is 5.56 Å². The minimum atomic E-state index is -0.159. The number of nitriles is 1. The molecular formula is C15H10Cl2N2O. The number of carbonyl (C=O) groups is 1. The Morgan fingerprint density at radius 2 is 1.80 bits per heavy atom. The second kappa shape index (κ2) is 6.42. The molecule has 2 rings (SSSR count). The van der Waals surface area contributed by atoms with Crippen molar-refractivity contribution >= 4 is 34.8 Å². The van der Waals surface area contributed by atoms with Crippen molar-refractivity contribution in [1.82, 2.24) is 0 Å². The van der Waals surface area contributed by atoms with E-state index in [1.54, 1.807) is 42.5 Å². The molecule has 3 nitrogen and oxygen atoms in total. The van der Waals surface area contributed by atoms with Crippen LogP contribution in [0.4, 0.5) is 5.69 Å². The number of halogens is 2. The Labute approximate surface area is 126 Å². The van der Waals surface area contributed by atoms with Gasteiger partial charge < -0.3 is 5.32 Å². The summed E-state index contributed by atoms with van der Waals surface area (Å²) in [4.78, 5) is 11.9. The second-order valence-corrected chi connectivity index (χ2v) is 4.98. The van der Waals surface area contributed by atoms with Crippen LogP contribution in [0.1, 0.15) is 11.1 Å². The quantitative estimate of drug-likeness (QED) is 0.930. The van der Waals surface area contributed by atoms with Crippen LogP contribution in [0.3, 0.4) is 0 Å². The molecule has 0 saturated carbocycles. The summed E-state index contributed by atoms with van der Waals surface area (Å²) in [7, 11) is 0. The number of carbonyl (C=O) groups excluding carboxylic acids is 1. The van der Waals surface area contributed by atoms with Gasteiger partial charge in [0.2, 0.25) is 5.91 Å². The summed E-state index contributed by atoms with van der Waals surface area (Å²) in [6.07, 6.45) is 0.205. The lowest BCUT2D eigenvalue weighted by atomic mass is 10.1. The summed E-state index contributed by atoms with van der Waals surface area (Å²) < 4.78 is 0. The lowest BCUT2D eigenvalue weighted by Crippen LogP contribution is -2.14. The van der Waals surface area contributed by atoms with E-state index in [-0.39, 0.29) is 12.3 Å². The van der Waals surface area contributed by atoms with E-state index in [2.05, 4.69) is 5.32 Å². The number of rotatable bonds is 3. The molecule has 2 aromatic rings. The molecule has 0 fully saturated rings. The number of hydrogen-bond acceptors (Lipinski definition) is 2. The highest BCUT2D eigenvalue weighted by molar-refractivity contribution is 6.42. The zero-order valence-corrected chi connectivity index (χ0v) is 11.9. The minimum absolute atomic E-state index is 0.159. The van der Waals surface area contributed by atoms with Gasteiger partial charge in [-0.2, -0.15) is 5.26 Å². The zero-order chi connectivity index (χ0) is 14.5. The molecule has 0 aliphatic rings. The van der Waals surface area contributed by atoms with Crippen LogP contribution in [0.25, 0.3) is 0 Å². The molecule has 0 atom stereocenters. The van der Waals surface area contributed by atoms with Crippen molar-refractivity contribution in [2.24, 2.45) is 0 Å². The Morgan fingerprint density at radius 3 is 2.40 bits per heavy atom. The molecular weight excluding hydrogens is 295 g/mol. The highest BCUT2D eigenvalue weighted by atomic mass is 35.5. The first-order valence-electron chi connectivity index (χ1n) is 5.82. The third-order valence-corrected chi connectivity index (χ3v) is 3.39.